The highest BCUT2D eigenvalue weighted by molar-refractivity contribution is 6.38. The molecular weight excluding hydrogens is 410 g/mol. The molecule has 2 bridgehead atoms. The number of ether oxygens (including phenoxy) is 2. The topological polar surface area (TPSA) is 90.0 Å². The third kappa shape index (κ3) is 7.12. The van der Waals surface area contributed by atoms with Gasteiger partial charge in [-0.25, -0.2) is 4.79 Å². The summed E-state index contributed by atoms with van der Waals surface area (Å²) >= 11 is 0. The number of cyclic esters (lactones) is 1. The van der Waals surface area contributed by atoms with Crippen molar-refractivity contribution in [2.45, 2.75) is 95.7 Å². The van der Waals surface area contributed by atoms with Gasteiger partial charge in [-0.05, 0) is 51.0 Å². The van der Waals surface area contributed by atoms with Crippen LogP contribution in [0.1, 0.15) is 83.5 Å². The molecule has 7 nitrogen and oxygen atoms in total. The molecule has 0 aromatic rings. The van der Waals surface area contributed by atoms with Crippen molar-refractivity contribution >= 4 is 23.4 Å². The van der Waals surface area contributed by atoms with Crippen LogP contribution in [-0.4, -0.2) is 53.7 Å². The smallest absolute Gasteiger partial charge is 0.355 e. The Bertz CT molecular complexity index is 756. The van der Waals surface area contributed by atoms with Crippen molar-refractivity contribution in [3.63, 3.8) is 0 Å². The quantitative estimate of drug-likeness (QED) is 0.416. The lowest BCUT2D eigenvalue weighted by Gasteiger charge is -2.31. The van der Waals surface area contributed by atoms with E-state index < -0.39 is 23.8 Å². The fourth-order valence-electron chi connectivity index (χ4n) is 4.47. The van der Waals surface area contributed by atoms with E-state index in [1.807, 2.05) is 0 Å². The Morgan fingerprint density at radius 3 is 2.38 bits per heavy atom. The van der Waals surface area contributed by atoms with Gasteiger partial charge in [-0.15, -0.1) is 0 Å². The van der Waals surface area contributed by atoms with Gasteiger partial charge in [0, 0.05) is 19.4 Å². The van der Waals surface area contributed by atoms with Crippen LogP contribution in [0.4, 0.5) is 0 Å². The average molecular weight is 446 g/mol. The zero-order valence-electron chi connectivity index (χ0n) is 18.9. The predicted octanol–water partition coefficient (Wildman–Crippen LogP) is 3.80. The zero-order chi connectivity index (χ0) is 22.8. The Labute approximate surface area is 190 Å². The summed E-state index contributed by atoms with van der Waals surface area (Å²) in [5.41, 5.74) is 0.0696. The monoisotopic (exact) mass is 445 g/mol. The lowest BCUT2D eigenvalue weighted by atomic mass is 9.96. The second-order valence-corrected chi connectivity index (χ2v) is 8.88. The van der Waals surface area contributed by atoms with Crippen molar-refractivity contribution in [1.82, 2.24) is 4.90 Å². The van der Waals surface area contributed by atoms with Gasteiger partial charge in [-0.2, -0.15) is 0 Å². The van der Waals surface area contributed by atoms with Crippen LogP contribution >= 0.6 is 0 Å². The standard InChI is InChI=1S/C25H35NO6/c27-19-11-4-2-1-3-5-13-20-14-10-16-22(32-20)23(28)24(29)26-17-8-6-15-21(26)25(30)31-18-9-7-12-19/h6,8,15,20,22H,1-5,7,9-14,16-18H2. The Kier molecular flexibility index (Phi) is 9.65. The number of rotatable bonds is 0. The van der Waals surface area contributed by atoms with Crippen molar-refractivity contribution in [2.75, 3.05) is 13.2 Å². The molecule has 0 spiro atoms. The predicted molar refractivity (Wildman–Crippen MR) is 119 cm³/mol. The highest BCUT2D eigenvalue weighted by Gasteiger charge is 2.36. The van der Waals surface area contributed by atoms with Crippen molar-refractivity contribution < 1.29 is 28.7 Å². The molecule has 3 heterocycles. The summed E-state index contributed by atoms with van der Waals surface area (Å²) in [6.07, 6.45) is 14.8. The van der Waals surface area contributed by atoms with Gasteiger partial charge in [0.2, 0.25) is 5.78 Å². The molecule has 176 valence electrons. The van der Waals surface area contributed by atoms with Crippen LogP contribution in [0.5, 0.6) is 0 Å². The molecule has 3 aliphatic rings. The third-order valence-corrected chi connectivity index (χ3v) is 6.34. The summed E-state index contributed by atoms with van der Waals surface area (Å²) in [4.78, 5) is 51.6. The van der Waals surface area contributed by atoms with Crippen LogP contribution < -0.4 is 0 Å². The molecule has 0 saturated carbocycles. The Morgan fingerprint density at radius 2 is 1.53 bits per heavy atom. The van der Waals surface area contributed by atoms with Gasteiger partial charge in [0.05, 0.1) is 12.7 Å². The van der Waals surface area contributed by atoms with E-state index in [-0.39, 0.29) is 30.7 Å². The SMILES string of the molecule is O=C1CCCCCCCC2CCCC(O2)C(=O)C(=O)N2CC=CC=C2C(=O)OCCCC1. The van der Waals surface area contributed by atoms with Gasteiger partial charge < -0.3 is 9.47 Å². The number of fused-ring (bicyclic) bond motifs is 3. The van der Waals surface area contributed by atoms with Crippen molar-refractivity contribution in [3.05, 3.63) is 23.9 Å². The van der Waals surface area contributed by atoms with E-state index in [1.54, 1.807) is 12.2 Å². The largest absolute Gasteiger partial charge is 0.461 e. The molecule has 1 amide bonds. The number of esters is 1. The van der Waals surface area contributed by atoms with Crippen LogP contribution in [0.2, 0.25) is 0 Å². The van der Waals surface area contributed by atoms with Crippen molar-refractivity contribution in [3.8, 4) is 0 Å². The Balaban J connectivity index is 1.66. The number of Topliss-reactive ketones (excluding diaryl/α,β-unsaturated/α-hetero) is 2. The molecule has 3 aliphatic heterocycles. The molecule has 0 N–H and O–H groups in total. The van der Waals surface area contributed by atoms with Crippen LogP contribution in [0.15, 0.2) is 23.9 Å². The fraction of sp³-hybridized carbons (Fsp3) is 0.680. The highest BCUT2D eigenvalue weighted by Crippen LogP contribution is 2.25. The number of allylic oxidation sites excluding steroid dienone is 2. The molecule has 7 heteroatoms. The Hall–Kier alpha value is -2.28. The summed E-state index contributed by atoms with van der Waals surface area (Å²) in [7, 11) is 0. The van der Waals surface area contributed by atoms with Crippen molar-refractivity contribution in [1.29, 1.82) is 0 Å². The average Bonchev–Trinajstić information content (AvgIpc) is 2.81. The van der Waals surface area contributed by atoms with Crippen LogP contribution in [0, 0.1) is 0 Å². The molecule has 3 rings (SSSR count). The number of amides is 1. The first-order valence-electron chi connectivity index (χ1n) is 12.1. The maximum Gasteiger partial charge on any atom is 0.355 e. The number of carbonyl (C=O) groups excluding carboxylic acids is 4. The molecule has 32 heavy (non-hydrogen) atoms. The summed E-state index contributed by atoms with van der Waals surface area (Å²) in [6, 6.07) is 0. The fourth-order valence-corrected chi connectivity index (χ4v) is 4.47. The normalized spacial score (nSPS) is 27.8. The van der Waals surface area contributed by atoms with Crippen LogP contribution in [0.3, 0.4) is 0 Å². The number of carbonyl (C=O) groups is 4. The number of hydrogen-bond acceptors (Lipinski definition) is 6. The first kappa shape index (κ1) is 24.4. The summed E-state index contributed by atoms with van der Waals surface area (Å²) in [5.74, 6) is -1.68. The van der Waals surface area contributed by atoms with E-state index in [0.717, 1.165) is 51.4 Å². The van der Waals surface area contributed by atoms with Gasteiger partial charge in [-0.1, -0.05) is 37.8 Å². The van der Waals surface area contributed by atoms with E-state index in [1.165, 1.54) is 11.0 Å². The number of hydrogen-bond donors (Lipinski definition) is 0. The first-order valence-corrected chi connectivity index (χ1v) is 12.1. The highest BCUT2D eigenvalue weighted by atomic mass is 16.5. The van der Waals surface area contributed by atoms with Gasteiger partial charge in [0.25, 0.3) is 5.91 Å². The second kappa shape index (κ2) is 12.7. The third-order valence-electron chi connectivity index (χ3n) is 6.34. The van der Waals surface area contributed by atoms with Gasteiger partial charge >= 0.3 is 5.97 Å². The minimum atomic E-state index is -0.746. The van der Waals surface area contributed by atoms with Crippen LogP contribution in [-0.2, 0) is 28.7 Å². The van der Waals surface area contributed by atoms with E-state index in [0.29, 0.717) is 32.1 Å². The van der Waals surface area contributed by atoms with E-state index in [2.05, 4.69) is 0 Å². The molecule has 0 aromatic heterocycles. The molecule has 2 saturated heterocycles. The second-order valence-electron chi connectivity index (χ2n) is 8.88. The minimum Gasteiger partial charge on any atom is -0.461 e. The molecule has 2 unspecified atom stereocenters. The molecule has 2 fully saturated rings. The Morgan fingerprint density at radius 1 is 0.812 bits per heavy atom. The van der Waals surface area contributed by atoms with Gasteiger partial charge in [-0.3, -0.25) is 19.3 Å². The molecule has 0 aliphatic carbocycles. The van der Waals surface area contributed by atoms with Crippen molar-refractivity contribution in [2.24, 2.45) is 0 Å². The summed E-state index contributed by atoms with van der Waals surface area (Å²) < 4.78 is 11.3. The molecule has 0 aromatic carbocycles. The van der Waals surface area contributed by atoms with E-state index >= 15 is 0 Å². The van der Waals surface area contributed by atoms with E-state index in [4.69, 9.17) is 9.47 Å². The van der Waals surface area contributed by atoms with Crippen LogP contribution in [0.25, 0.3) is 0 Å². The first-order chi connectivity index (χ1) is 15.6. The summed E-state index contributed by atoms with van der Waals surface area (Å²) in [5, 5.41) is 0. The lowest BCUT2D eigenvalue weighted by Crippen LogP contribution is -2.46. The maximum absolute atomic E-state index is 13.0. The van der Waals surface area contributed by atoms with E-state index in [9.17, 15) is 19.2 Å². The zero-order valence-corrected chi connectivity index (χ0v) is 18.9. The minimum absolute atomic E-state index is 0.0117. The van der Waals surface area contributed by atoms with Gasteiger partial charge in [0.15, 0.2) is 0 Å². The molecular formula is C25H35NO6. The lowest BCUT2D eigenvalue weighted by molar-refractivity contribution is -0.156. The summed E-state index contributed by atoms with van der Waals surface area (Å²) in [6.45, 7) is 0.326. The maximum atomic E-state index is 13.0. The van der Waals surface area contributed by atoms with Gasteiger partial charge in [0.1, 0.15) is 17.6 Å². The number of ketones is 2. The number of nitrogens with zero attached hydrogens (tertiary/aromatic N) is 1. The molecule has 2 atom stereocenters. The molecule has 0 radical (unpaired) electrons.